The fourth-order valence-corrected chi connectivity index (χ4v) is 3.61. The molecule has 0 radical (unpaired) electrons. The van der Waals surface area contributed by atoms with Gasteiger partial charge in [0.1, 0.15) is 0 Å². The molecule has 2 aliphatic rings. The summed E-state index contributed by atoms with van der Waals surface area (Å²) in [5.41, 5.74) is 4.07. The number of nitrogens with one attached hydrogen (secondary N) is 1. The second-order valence-corrected chi connectivity index (χ2v) is 6.60. The van der Waals surface area contributed by atoms with Crippen LogP contribution >= 0.6 is 11.6 Å². The lowest BCUT2D eigenvalue weighted by Crippen LogP contribution is -2.21. The molecule has 0 saturated carbocycles. The van der Waals surface area contributed by atoms with Crippen LogP contribution in [0.2, 0.25) is 5.02 Å². The average Bonchev–Trinajstić information content (AvgIpc) is 3.07. The summed E-state index contributed by atoms with van der Waals surface area (Å²) in [5, 5.41) is 13.2. The molecule has 0 spiro atoms. The fraction of sp³-hybridized carbons (Fsp3) is 0.294. The summed E-state index contributed by atoms with van der Waals surface area (Å²) in [6.45, 7) is 0.504. The first-order valence-electron chi connectivity index (χ1n) is 7.64. The second kappa shape index (κ2) is 5.46. The first-order chi connectivity index (χ1) is 11.5. The van der Waals surface area contributed by atoms with Gasteiger partial charge in [0.2, 0.25) is 5.95 Å². The van der Waals surface area contributed by atoms with Crippen LogP contribution in [-0.4, -0.2) is 33.9 Å². The molecule has 1 amide bonds. The SMILES string of the molecule is CN1Cc2nc(N[C@H]3Cc4cc(Cl)cc(C#N)c4C3)ncc2C1=O. The maximum Gasteiger partial charge on any atom is 0.257 e. The Bertz CT molecular complexity index is 905. The van der Waals surface area contributed by atoms with Gasteiger partial charge in [-0.2, -0.15) is 5.26 Å². The van der Waals surface area contributed by atoms with E-state index in [2.05, 4.69) is 21.4 Å². The smallest absolute Gasteiger partial charge is 0.257 e. The summed E-state index contributed by atoms with van der Waals surface area (Å²) in [5.74, 6) is 0.470. The van der Waals surface area contributed by atoms with Crippen LogP contribution in [0.1, 0.15) is 32.7 Å². The van der Waals surface area contributed by atoms with Gasteiger partial charge in [0.15, 0.2) is 0 Å². The Kier molecular flexibility index (Phi) is 3.39. The van der Waals surface area contributed by atoms with Crippen molar-refractivity contribution in [3.05, 3.63) is 51.3 Å². The van der Waals surface area contributed by atoms with Crippen LogP contribution in [0.4, 0.5) is 5.95 Å². The number of nitrogens with zero attached hydrogens (tertiary/aromatic N) is 4. The third-order valence-electron chi connectivity index (χ3n) is 4.51. The van der Waals surface area contributed by atoms with E-state index in [4.69, 9.17) is 11.6 Å². The van der Waals surface area contributed by atoms with Crippen LogP contribution in [0, 0.1) is 11.3 Å². The normalized spacial score (nSPS) is 18.3. The highest BCUT2D eigenvalue weighted by atomic mass is 35.5. The molecule has 7 heteroatoms. The molecule has 24 heavy (non-hydrogen) atoms. The topological polar surface area (TPSA) is 81.9 Å². The molecule has 0 saturated heterocycles. The van der Waals surface area contributed by atoms with E-state index in [1.165, 1.54) is 0 Å². The first-order valence-corrected chi connectivity index (χ1v) is 8.02. The second-order valence-electron chi connectivity index (χ2n) is 6.17. The zero-order valence-corrected chi connectivity index (χ0v) is 13.8. The van der Waals surface area contributed by atoms with Gasteiger partial charge in [0.25, 0.3) is 5.91 Å². The highest BCUT2D eigenvalue weighted by Crippen LogP contribution is 2.30. The van der Waals surface area contributed by atoms with Crippen LogP contribution in [0.5, 0.6) is 0 Å². The molecule has 1 aromatic carbocycles. The Morgan fingerprint density at radius 2 is 2.25 bits per heavy atom. The van der Waals surface area contributed by atoms with E-state index in [1.807, 2.05) is 6.07 Å². The number of carbonyl (C=O) groups excluding carboxylic acids is 1. The number of aromatic nitrogens is 2. The quantitative estimate of drug-likeness (QED) is 0.906. The highest BCUT2D eigenvalue weighted by molar-refractivity contribution is 6.30. The monoisotopic (exact) mass is 339 g/mol. The highest BCUT2D eigenvalue weighted by Gasteiger charge is 2.28. The van der Waals surface area contributed by atoms with E-state index in [-0.39, 0.29) is 11.9 Å². The predicted octanol–water partition coefficient (Wildman–Crippen LogP) is 2.17. The maximum atomic E-state index is 11.9. The number of hydrogen-bond acceptors (Lipinski definition) is 5. The summed E-state index contributed by atoms with van der Waals surface area (Å²) in [7, 11) is 1.75. The van der Waals surface area contributed by atoms with Crippen LogP contribution in [-0.2, 0) is 19.4 Å². The van der Waals surface area contributed by atoms with Gasteiger partial charge in [0.05, 0.1) is 29.4 Å². The molecule has 1 atom stereocenters. The zero-order chi connectivity index (χ0) is 16.8. The van der Waals surface area contributed by atoms with Gasteiger partial charge >= 0.3 is 0 Å². The van der Waals surface area contributed by atoms with E-state index in [1.54, 1.807) is 24.2 Å². The van der Waals surface area contributed by atoms with E-state index in [0.29, 0.717) is 28.6 Å². The lowest BCUT2D eigenvalue weighted by atomic mass is 10.0. The van der Waals surface area contributed by atoms with Crippen molar-refractivity contribution in [3.8, 4) is 6.07 Å². The van der Waals surface area contributed by atoms with Crippen molar-refractivity contribution < 1.29 is 4.79 Å². The van der Waals surface area contributed by atoms with Crippen molar-refractivity contribution in [2.75, 3.05) is 12.4 Å². The van der Waals surface area contributed by atoms with Crippen molar-refractivity contribution in [1.82, 2.24) is 14.9 Å². The largest absolute Gasteiger partial charge is 0.351 e. The summed E-state index contributed by atoms with van der Waals surface area (Å²) >= 11 is 6.07. The molecule has 1 aliphatic heterocycles. The molecule has 2 heterocycles. The molecule has 0 unspecified atom stereocenters. The van der Waals surface area contributed by atoms with Gasteiger partial charge < -0.3 is 10.2 Å². The third-order valence-corrected chi connectivity index (χ3v) is 4.73. The number of rotatable bonds is 2. The molecule has 2 aromatic rings. The average molecular weight is 340 g/mol. The minimum atomic E-state index is -0.0434. The Balaban J connectivity index is 1.55. The van der Waals surface area contributed by atoms with Crippen molar-refractivity contribution in [2.24, 2.45) is 0 Å². The summed E-state index contributed by atoms with van der Waals surface area (Å²) in [6.07, 6.45) is 3.08. The van der Waals surface area contributed by atoms with Gasteiger partial charge in [-0.1, -0.05) is 11.6 Å². The van der Waals surface area contributed by atoms with E-state index in [0.717, 1.165) is 29.7 Å². The minimum absolute atomic E-state index is 0.0434. The molecule has 0 bridgehead atoms. The number of carbonyl (C=O) groups is 1. The Morgan fingerprint density at radius 3 is 3.04 bits per heavy atom. The third kappa shape index (κ3) is 2.38. The molecule has 1 aromatic heterocycles. The number of nitriles is 1. The van der Waals surface area contributed by atoms with Gasteiger partial charge in [0, 0.05) is 24.3 Å². The molecule has 1 aliphatic carbocycles. The van der Waals surface area contributed by atoms with Crippen molar-refractivity contribution in [1.29, 1.82) is 5.26 Å². The van der Waals surface area contributed by atoms with Gasteiger partial charge in [-0.05, 0) is 36.1 Å². The molecule has 1 N–H and O–H groups in total. The number of fused-ring (bicyclic) bond motifs is 2. The Labute approximate surface area is 144 Å². The molecule has 0 fully saturated rings. The number of benzene rings is 1. The lowest BCUT2D eigenvalue weighted by molar-refractivity contribution is 0.0816. The van der Waals surface area contributed by atoms with Gasteiger partial charge in [-0.3, -0.25) is 4.79 Å². The lowest BCUT2D eigenvalue weighted by Gasteiger charge is -2.12. The number of anilines is 1. The maximum absolute atomic E-state index is 11.9. The van der Waals surface area contributed by atoms with Crippen molar-refractivity contribution in [2.45, 2.75) is 25.4 Å². The Hall–Kier alpha value is -2.65. The van der Waals surface area contributed by atoms with Crippen LogP contribution in [0.3, 0.4) is 0 Å². The van der Waals surface area contributed by atoms with E-state index >= 15 is 0 Å². The number of hydrogen-bond donors (Lipinski definition) is 1. The molecular formula is C17H14ClN5O. The van der Waals surface area contributed by atoms with E-state index in [9.17, 15) is 10.1 Å². The van der Waals surface area contributed by atoms with E-state index < -0.39 is 0 Å². The molecule has 120 valence electrons. The predicted molar refractivity (Wildman–Crippen MR) is 88.8 cm³/mol. The van der Waals surface area contributed by atoms with Gasteiger partial charge in [-0.25, -0.2) is 9.97 Å². The number of amides is 1. The standard InChI is InChI=1S/C17H14ClN5O/c1-23-8-15-14(16(23)24)7-20-17(22-15)21-12-4-9-2-11(18)3-10(6-19)13(9)5-12/h2-3,7,12H,4-5,8H2,1H3,(H,20,21,22)/t12-/m0/s1. The van der Waals surface area contributed by atoms with Crippen molar-refractivity contribution in [3.63, 3.8) is 0 Å². The van der Waals surface area contributed by atoms with Crippen molar-refractivity contribution >= 4 is 23.5 Å². The number of halogens is 1. The molecule has 6 nitrogen and oxygen atoms in total. The Morgan fingerprint density at radius 1 is 1.42 bits per heavy atom. The van der Waals surface area contributed by atoms with Crippen LogP contribution in [0.25, 0.3) is 0 Å². The van der Waals surface area contributed by atoms with Gasteiger partial charge in [-0.15, -0.1) is 0 Å². The van der Waals surface area contributed by atoms with Crippen LogP contribution < -0.4 is 5.32 Å². The molecular weight excluding hydrogens is 326 g/mol. The van der Waals surface area contributed by atoms with Crippen LogP contribution in [0.15, 0.2) is 18.3 Å². The first kappa shape index (κ1) is 14.9. The summed E-state index contributed by atoms with van der Waals surface area (Å²) in [6, 6.07) is 5.94. The summed E-state index contributed by atoms with van der Waals surface area (Å²) < 4.78 is 0. The molecule has 4 rings (SSSR count). The zero-order valence-electron chi connectivity index (χ0n) is 13.0. The fourth-order valence-electron chi connectivity index (χ4n) is 3.37. The summed E-state index contributed by atoms with van der Waals surface area (Å²) in [4.78, 5) is 22.2. The minimum Gasteiger partial charge on any atom is -0.351 e.